The lowest BCUT2D eigenvalue weighted by Gasteiger charge is -2.26. The summed E-state index contributed by atoms with van der Waals surface area (Å²) >= 11 is 0. The molecular weight excluding hydrogens is 336 g/mol. The summed E-state index contributed by atoms with van der Waals surface area (Å²) in [6.45, 7) is 6.23. The smallest absolute Gasteiger partial charge is 0.167 e. The van der Waals surface area contributed by atoms with E-state index in [1.54, 1.807) is 0 Å². The summed E-state index contributed by atoms with van der Waals surface area (Å²) in [6, 6.07) is 18.3. The molecule has 0 bridgehead atoms. The van der Waals surface area contributed by atoms with Crippen LogP contribution in [0.15, 0.2) is 59.1 Å². The fourth-order valence-corrected chi connectivity index (χ4v) is 3.46. The molecule has 0 N–H and O–H groups in total. The van der Waals surface area contributed by atoms with Crippen molar-refractivity contribution in [3.63, 3.8) is 0 Å². The maximum Gasteiger partial charge on any atom is 0.167 e. The zero-order chi connectivity index (χ0) is 18.5. The van der Waals surface area contributed by atoms with E-state index in [1.165, 1.54) is 37.9 Å². The fraction of sp³-hybridized carbons (Fsp3) is 0.348. The molecule has 1 aliphatic heterocycles. The number of aromatic nitrogens is 1. The van der Waals surface area contributed by atoms with Gasteiger partial charge in [0.1, 0.15) is 18.1 Å². The number of benzene rings is 2. The van der Waals surface area contributed by atoms with E-state index in [0.29, 0.717) is 0 Å². The van der Waals surface area contributed by atoms with Gasteiger partial charge in [0.15, 0.2) is 5.76 Å². The Bertz CT molecular complexity index is 847. The topological polar surface area (TPSA) is 38.5 Å². The van der Waals surface area contributed by atoms with Crippen molar-refractivity contribution in [2.24, 2.45) is 0 Å². The van der Waals surface area contributed by atoms with Crippen LogP contribution in [0.3, 0.4) is 0 Å². The lowest BCUT2D eigenvalue weighted by atomic mass is 10.1. The monoisotopic (exact) mass is 362 g/mol. The summed E-state index contributed by atoms with van der Waals surface area (Å²) in [5.74, 6) is 1.67. The number of aryl methyl sites for hydroxylation is 1. The molecule has 4 heteroatoms. The van der Waals surface area contributed by atoms with Crippen molar-refractivity contribution >= 4 is 0 Å². The minimum atomic E-state index is 0.735. The van der Waals surface area contributed by atoms with Gasteiger partial charge in [-0.15, -0.1) is 0 Å². The van der Waals surface area contributed by atoms with E-state index >= 15 is 0 Å². The maximum atomic E-state index is 5.90. The van der Waals surface area contributed by atoms with Gasteiger partial charge < -0.3 is 9.26 Å². The van der Waals surface area contributed by atoms with Gasteiger partial charge in [-0.1, -0.05) is 41.4 Å². The Morgan fingerprint density at radius 1 is 0.926 bits per heavy atom. The van der Waals surface area contributed by atoms with Crippen LogP contribution in [-0.2, 0) is 0 Å². The molecule has 0 unspecified atom stereocenters. The van der Waals surface area contributed by atoms with Crippen LogP contribution in [0.25, 0.3) is 22.6 Å². The van der Waals surface area contributed by atoms with E-state index in [0.717, 1.165) is 41.5 Å². The van der Waals surface area contributed by atoms with Gasteiger partial charge in [0, 0.05) is 23.7 Å². The van der Waals surface area contributed by atoms with Crippen molar-refractivity contribution in [3.8, 4) is 28.3 Å². The number of rotatable bonds is 6. The van der Waals surface area contributed by atoms with Crippen LogP contribution in [0.1, 0.15) is 24.8 Å². The molecule has 0 radical (unpaired) electrons. The highest BCUT2D eigenvalue weighted by Crippen LogP contribution is 2.27. The maximum absolute atomic E-state index is 5.90. The minimum absolute atomic E-state index is 0.735. The summed E-state index contributed by atoms with van der Waals surface area (Å²) in [6.07, 6.45) is 4.00. The summed E-state index contributed by atoms with van der Waals surface area (Å²) in [4.78, 5) is 2.49. The van der Waals surface area contributed by atoms with E-state index < -0.39 is 0 Å². The molecule has 1 saturated heterocycles. The van der Waals surface area contributed by atoms with E-state index in [9.17, 15) is 0 Å². The van der Waals surface area contributed by atoms with Crippen molar-refractivity contribution in [2.45, 2.75) is 26.2 Å². The van der Waals surface area contributed by atoms with Crippen molar-refractivity contribution in [1.29, 1.82) is 0 Å². The number of nitrogens with zero attached hydrogens (tertiary/aromatic N) is 2. The molecule has 1 fully saturated rings. The Morgan fingerprint density at radius 2 is 1.63 bits per heavy atom. The Morgan fingerprint density at radius 3 is 2.37 bits per heavy atom. The molecule has 3 aromatic rings. The van der Waals surface area contributed by atoms with Crippen LogP contribution < -0.4 is 4.74 Å². The molecule has 0 atom stereocenters. The molecule has 4 rings (SSSR count). The van der Waals surface area contributed by atoms with Gasteiger partial charge >= 0.3 is 0 Å². The van der Waals surface area contributed by atoms with Crippen molar-refractivity contribution in [1.82, 2.24) is 10.1 Å². The first-order valence-corrected chi connectivity index (χ1v) is 9.77. The Balaban J connectivity index is 1.35. The van der Waals surface area contributed by atoms with E-state index in [1.807, 2.05) is 30.3 Å². The van der Waals surface area contributed by atoms with Crippen molar-refractivity contribution < 1.29 is 9.26 Å². The van der Waals surface area contributed by atoms with Crippen LogP contribution in [-0.4, -0.2) is 36.3 Å². The van der Waals surface area contributed by atoms with Gasteiger partial charge in [0.05, 0.1) is 0 Å². The van der Waals surface area contributed by atoms with Crippen molar-refractivity contribution in [3.05, 3.63) is 60.2 Å². The number of hydrogen-bond donors (Lipinski definition) is 0. The normalized spacial score (nSPS) is 15.0. The average Bonchev–Trinajstić information content (AvgIpc) is 3.20. The van der Waals surface area contributed by atoms with Crippen LogP contribution in [0.2, 0.25) is 0 Å². The molecule has 1 aromatic heterocycles. The molecule has 0 saturated carbocycles. The van der Waals surface area contributed by atoms with Gasteiger partial charge in [-0.2, -0.15) is 0 Å². The van der Waals surface area contributed by atoms with Gasteiger partial charge in [-0.3, -0.25) is 4.90 Å². The van der Waals surface area contributed by atoms with Gasteiger partial charge in [0.25, 0.3) is 0 Å². The second-order valence-electron chi connectivity index (χ2n) is 7.22. The predicted molar refractivity (Wildman–Crippen MR) is 108 cm³/mol. The molecular formula is C23H26N2O2. The summed E-state index contributed by atoms with van der Waals surface area (Å²) in [7, 11) is 0. The third-order valence-corrected chi connectivity index (χ3v) is 5.12. The molecule has 0 spiro atoms. The second-order valence-corrected chi connectivity index (χ2v) is 7.22. The van der Waals surface area contributed by atoms with Gasteiger partial charge in [0.2, 0.25) is 0 Å². The minimum Gasteiger partial charge on any atom is -0.492 e. The Hall–Kier alpha value is -2.59. The number of ether oxygens (including phenoxy) is 1. The molecule has 0 amide bonds. The quantitative estimate of drug-likeness (QED) is 0.605. The third kappa shape index (κ3) is 4.58. The average molecular weight is 362 g/mol. The van der Waals surface area contributed by atoms with Crippen LogP contribution in [0, 0.1) is 6.92 Å². The zero-order valence-corrected chi connectivity index (χ0v) is 15.9. The lowest BCUT2D eigenvalue weighted by Crippen LogP contribution is -2.33. The van der Waals surface area contributed by atoms with Crippen molar-refractivity contribution in [2.75, 3.05) is 26.2 Å². The van der Waals surface area contributed by atoms with E-state index in [-0.39, 0.29) is 0 Å². The largest absolute Gasteiger partial charge is 0.492 e. The summed E-state index contributed by atoms with van der Waals surface area (Å²) < 4.78 is 11.4. The molecule has 140 valence electrons. The Labute approximate surface area is 160 Å². The van der Waals surface area contributed by atoms with Crippen LogP contribution in [0.4, 0.5) is 0 Å². The summed E-state index contributed by atoms with van der Waals surface area (Å²) in [5.41, 5.74) is 4.16. The Kier molecular flexibility index (Phi) is 5.54. The third-order valence-electron chi connectivity index (χ3n) is 5.12. The van der Waals surface area contributed by atoms with Gasteiger partial charge in [-0.05, 0) is 57.1 Å². The van der Waals surface area contributed by atoms with E-state index in [4.69, 9.17) is 9.26 Å². The highest BCUT2D eigenvalue weighted by Gasteiger charge is 2.11. The molecule has 4 nitrogen and oxygen atoms in total. The lowest BCUT2D eigenvalue weighted by molar-refractivity contribution is 0.183. The first-order chi connectivity index (χ1) is 13.3. The number of piperidine rings is 1. The molecule has 1 aliphatic rings. The van der Waals surface area contributed by atoms with E-state index in [2.05, 4.69) is 41.2 Å². The van der Waals surface area contributed by atoms with Crippen LogP contribution in [0.5, 0.6) is 5.75 Å². The number of likely N-dealkylation sites (tertiary alicyclic amines) is 1. The molecule has 27 heavy (non-hydrogen) atoms. The highest BCUT2D eigenvalue weighted by molar-refractivity contribution is 5.67. The highest BCUT2D eigenvalue weighted by atomic mass is 16.5. The molecule has 2 heterocycles. The standard InChI is InChI=1S/C23H26N2O2/c1-18-5-7-19(8-6-18)22-17-23(27-24-22)20-9-11-21(12-10-20)26-16-15-25-13-3-2-4-14-25/h5-12,17H,2-4,13-16H2,1H3. The van der Waals surface area contributed by atoms with Crippen LogP contribution >= 0.6 is 0 Å². The molecule has 0 aliphatic carbocycles. The summed E-state index contributed by atoms with van der Waals surface area (Å²) in [5, 5.41) is 4.20. The second kappa shape index (κ2) is 8.40. The fourth-order valence-electron chi connectivity index (χ4n) is 3.46. The SMILES string of the molecule is Cc1ccc(-c2cc(-c3ccc(OCCN4CCCCC4)cc3)on2)cc1. The number of hydrogen-bond acceptors (Lipinski definition) is 4. The zero-order valence-electron chi connectivity index (χ0n) is 15.9. The molecule has 2 aromatic carbocycles. The first kappa shape index (κ1) is 17.8. The van der Waals surface area contributed by atoms with Gasteiger partial charge in [-0.25, -0.2) is 0 Å². The first-order valence-electron chi connectivity index (χ1n) is 9.77. The predicted octanol–water partition coefficient (Wildman–Crippen LogP) is 5.18.